The second-order valence-corrected chi connectivity index (χ2v) is 17.5. The van der Waals surface area contributed by atoms with Crippen LogP contribution in [0.2, 0.25) is 0 Å². The number of unbranched alkanes of at least 4 members (excludes halogenated alkanes) is 35. The highest BCUT2D eigenvalue weighted by atomic mass is 16.3. The largest absolute Gasteiger partial charge is 0.394 e. The second kappa shape index (κ2) is 45.1. The van der Waals surface area contributed by atoms with Gasteiger partial charge in [0.05, 0.1) is 18.8 Å². The Balaban J connectivity index is 3.64. The van der Waals surface area contributed by atoms with E-state index in [-0.39, 0.29) is 0 Å². The first-order valence-electron chi connectivity index (χ1n) is 25.1. The van der Waals surface area contributed by atoms with Crippen molar-refractivity contribution in [1.29, 1.82) is 0 Å². The van der Waals surface area contributed by atoms with E-state index in [4.69, 9.17) is 0 Å². The monoisotopic (exact) mass is 794 g/mol. The van der Waals surface area contributed by atoms with Crippen molar-refractivity contribution in [1.82, 2.24) is 5.32 Å². The number of rotatable bonds is 46. The summed E-state index contributed by atoms with van der Waals surface area (Å²) in [7, 11) is 0. The summed E-state index contributed by atoms with van der Waals surface area (Å²) >= 11 is 0. The molecule has 56 heavy (non-hydrogen) atoms. The van der Waals surface area contributed by atoms with Crippen molar-refractivity contribution >= 4 is 5.91 Å². The maximum atomic E-state index is 12.5. The average Bonchev–Trinajstić information content (AvgIpc) is 3.20. The molecule has 1 amide bonds. The van der Waals surface area contributed by atoms with Crippen molar-refractivity contribution < 1.29 is 25.2 Å². The zero-order valence-corrected chi connectivity index (χ0v) is 37.7. The lowest BCUT2D eigenvalue weighted by Crippen LogP contribution is -2.53. The Morgan fingerprint density at radius 1 is 0.429 bits per heavy atom. The number of carbonyl (C=O) groups is 1. The molecular formula is C50H99NO5. The summed E-state index contributed by atoms with van der Waals surface area (Å²) < 4.78 is 0. The van der Waals surface area contributed by atoms with Gasteiger partial charge in [0.1, 0.15) is 12.2 Å². The van der Waals surface area contributed by atoms with Gasteiger partial charge in [0.2, 0.25) is 5.91 Å². The van der Waals surface area contributed by atoms with E-state index in [1.807, 2.05) is 0 Å². The van der Waals surface area contributed by atoms with Crippen LogP contribution in [0.25, 0.3) is 0 Å². The van der Waals surface area contributed by atoms with E-state index in [1.54, 1.807) is 0 Å². The standard InChI is InChI=1S/C50H99NO5/c1-3-5-7-9-11-13-15-17-18-19-20-21-22-23-24-25-26-27-28-29-30-32-33-35-37-39-41-43-47(53)49(55)46(45-52)51-50(56)48(54)44-42-40-38-36-34-31-16-14-12-10-8-6-4-2/h35,37,46-49,52-55H,3-34,36,38-45H2,1-2H3,(H,51,56)/b37-35+. The molecule has 0 spiro atoms. The molecule has 0 radical (unpaired) electrons. The zero-order valence-electron chi connectivity index (χ0n) is 37.7. The molecule has 0 aliphatic rings. The highest BCUT2D eigenvalue weighted by Gasteiger charge is 2.28. The smallest absolute Gasteiger partial charge is 0.249 e. The third-order valence-electron chi connectivity index (χ3n) is 12.0. The van der Waals surface area contributed by atoms with Gasteiger partial charge in [-0.25, -0.2) is 0 Å². The van der Waals surface area contributed by atoms with Crippen molar-refractivity contribution in [3.63, 3.8) is 0 Å². The Bertz CT molecular complexity index is 806. The molecule has 0 bridgehead atoms. The third-order valence-corrected chi connectivity index (χ3v) is 12.0. The predicted molar refractivity (Wildman–Crippen MR) is 242 cm³/mol. The summed E-state index contributed by atoms with van der Waals surface area (Å²) in [5, 5.41) is 43.7. The van der Waals surface area contributed by atoms with Gasteiger partial charge in [-0.05, 0) is 38.5 Å². The number of amides is 1. The number of aliphatic hydroxyl groups is 4. The molecule has 6 heteroatoms. The molecule has 0 heterocycles. The van der Waals surface area contributed by atoms with Gasteiger partial charge < -0.3 is 25.7 Å². The summed E-state index contributed by atoms with van der Waals surface area (Å²) in [5.41, 5.74) is 0. The molecule has 4 atom stereocenters. The van der Waals surface area contributed by atoms with Crippen LogP contribution >= 0.6 is 0 Å². The zero-order chi connectivity index (χ0) is 41.0. The van der Waals surface area contributed by atoms with Gasteiger partial charge >= 0.3 is 0 Å². The SMILES string of the molecule is CCCCCCCCCCCCCCCCCCCCCCCC/C=C/CCCC(O)C(O)C(CO)NC(=O)C(O)CCCCCCCCCCCCCCC. The Hall–Kier alpha value is -0.950. The number of allylic oxidation sites excluding steroid dienone is 2. The van der Waals surface area contributed by atoms with E-state index in [0.29, 0.717) is 12.8 Å². The highest BCUT2D eigenvalue weighted by molar-refractivity contribution is 5.80. The molecule has 0 fully saturated rings. The van der Waals surface area contributed by atoms with Crippen LogP contribution < -0.4 is 5.32 Å². The summed E-state index contributed by atoms with van der Waals surface area (Å²) in [6.45, 7) is 4.06. The fourth-order valence-corrected chi connectivity index (χ4v) is 7.99. The quantitative estimate of drug-likeness (QED) is 0.0311. The summed E-state index contributed by atoms with van der Waals surface area (Å²) in [4.78, 5) is 12.5. The molecular weight excluding hydrogens is 695 g/mol. The molecule has 0 aromatic rings. The van der Waals surface area contributed by atoms with Gasteiger partial charge in [0.15, 0.2) is 0 Å². The number of hydrogen-bond donors (Lipinski definition) is 5. The van der Waals surface area contributed by atoms with Gasteiger partial charge in [-0.15, -0.1) is 0 Å². The Kier molecular flexibility index (Phi) is 44.4. The first kappa shape index (κ1) is 55.0. The van der Waals surface area contributed by atoms with Crippen molar-refractivity contribution in [2.75, 3.05) is 6.61 Å². The molecule has 334 valence electrons. The average molecular weight is 794 g/mol. The number of carbonyl (C=O) groups excluding carboxylic acids is 1. The van der Waals surface area contributed by atoms with Crippen LogP contribution in [0, 0.1) is 0 Å². The van der Waals surface area contributed by atoms with Gasteiger partial charge in [-0.3, -0.25) is 4.79 Å². The third kappa shape index (κ3) is 38.6. The Labute approximate surface area is 349 Å². The van der Waals surface area contributed by atoms with Crippen LogP contribution in [0.15, 0.2) is 12.2 Å². The molecule has 0 rings (SSSR count). The van der Waals surface area contributed by atoms with E-state index in [1.165, 1.54) is 205 Å². The lowest BCUT2D eigenvalue weighted by atomic mass is 10.00. The number of nitrogens with one attached hydrogen (secondary N) is 1. The Morgan fingerprint density at radius 2 is 0.732 bits per heavy atom. The van der Waals surface area contributed by atoms with Crippen LogP contribution in [0.1, 0.15) is 271 Å². The first-order valence-corrected chi connectivity index (χ1v) is 25.1. The maximum absolute atomic E-state index is 12.5. The van der Waals surface area contributed by atoms with Crippen molar-refractivity contribution in [3.05, 3.63) is 12.2 Å². The lowest BCUT2D eigenvalue weighted by Gasteiger charge is -2.27. The molecule has 0 saturated heterocycles. The molecule has 0 aromatic heterocycles. The van der Waals surface area contributed by atoms with Crippen molar-refractivity contribution in [2.45, 2.75) is 295 Å². The fourth-order valence-electron chi connectivity index (χ4n) is 7.99. The molecule has 0 aliphatic heterocycles. The molecule has 0 aromatic carbocycles. The minimum Gasteiger partial charge on any atom is -0.394 e. The molecule has 6 nitrogen and oxygen atoms in total. The molecule has 5 N–H and O–H groups in total. The van der Waals surface area contributed by atoms with Gasteiger partial charge in [-0.1, -0.05) is 244 Å². The van der Waals surface area contributed by atoms with Gasteiger partial charge in [0.25, 0.3) is 0 Å². The predicted octanol–water partition coefficient (Wildman–Crippen LogP) is 13.7. The normalized spacial score (nSPS) is 14.0. The van der Waals surface area contributed by atoms with Crippen LogP contribution in [0.4, 0.5) is 0 Å². The maximum Gasteiger partial charge on any atom is 0.249 e. The van der Waals surface area contributed by atoms with E-state index >= 15 is 0 Å². The first-order chi connectivity index (χ1) is 27.5. The van der Waals surface area contributed by atoms with Crippen LogP contribution in [0.5, 0.6) is 0 Å². The van der Waals surface area contributed by atoms with E-state index in [2.05, 4.69) is 31.3 Å². The minimum atomic E-state index is -1.28. The van der Waals surface area contributed by atoms with Gasteiger partial charge in [-0.2, -0.15) is 0 Å². The molecule has 0 saturated carbocycles. The number of aliphatic hydroxyl groups excluding tert-OH is 4. The number of hydrogen-bond acceptors (Lipinski definition) is 5. The second-order valence-electron chi connectivity index (χ2n) is 17.5. The van der Waals surface area contributed by atoms with Crippen LogP contribution in [0.3, 0.4) is 0 Å². The molecule has 0 aliphatic carbocycles. The lowest BCUT2D eigenvalue weighted by molar-refractivity contribution is -0.132. The van der Waals surface area contributed by atoms with Crippen molar-refractivity contribution in [3.8, 4) is 0 Å². The topological polar surface area (TPSA) is 110 Å². The van der Waals surface area contributed by atoms with E-state index < -0.39 is 36.9 Å². The summed E-state index contributed by atoms with van der Waals surface area (Å²) in [6.07, 6.45) is 51.3. The van der Waals surface area contributed by atoms with Gasteiger partial charge in [0, 0.05) is 0 Å². The highest BCUT2D eigenvalue weighted by Crippen LogP contribution is 2.17. The molecule has 4 unspecified atom stereocenters. The fraction of sp³-hybridized carbons (Fsp3) is 0.940. The van der Waals surface area contributed by atoms with Crippen LogP contribution in [-0.2, 0) is 4.79 Å². The Morgan fingerprint density at radius 3 is 1.07 bits per heavy atom. The van der Waals surface area contributed by atoms with Crippen LogP contribution in [-0.4, -0.2) is 57.3 Å². The van der Waals surface area contributed by atoms with E-state index in [0.717, 1.165) is 38.5 Å². The summed E-state index contributed by atoms with van der Waals surface area (Å²) in [5.74, 6) is -0.590. The van der Waals surface area contributed by atoms with E-state index in [9.17, 15) is 25.2 Å². The minimum absolute atomic E-state index is 0.367. The van der Waals surface area contributed by atoms with Crippen molar-refractivity contribution in [2.24, 2.45) is 0 Å². The summed E-state index contributed by atoms with van der Waals surface area (Å²) in [6, 6.07) is -0.997.